The number of hydrogen-bond acceptors (Lipinski definition) is 4. The van der Waals surface area contributed by atoms with Crippen LogP contribution in [0.15, 0.2) is 12.1 Å². The van der Waals surface area contributed by atoms with Gasteiger partial charge in [-0.3, -0.25) is 0 Å². The van der Waals surface area contributed by atoms with Crippen LogP contribution in [0.1, 0.15) is 25.3 Å². The Labute approximate surface area is 106 Å². The average Bonchev–Trinajstić information content (AvgIpc) is 2.28. The van der Waals surface area contributed by atoms with E-state index in [1.54, 1.807) is 12.1 Å². The van der Waals surface area contributed by atoms with E-state index in [2.05, 4.69) is 23.3 Å². The molecule has 0 saturated carbocycles. The molecule has 4 nitrogen and oxygen atoms in total. The summed E-state index contributed by atoms with van der Waals surface area (Å²) in [5, 5.41) is 12.5. The van der Waals surface area contributed by atoms with Crippen LogP contribution in [0, 0.1) is 11.3 Å². The largest absolute Gasteiger partial charge is 0.378 e. The SMILES string of the molecule is CC1CC(Nc2cc(C#N)cc(Cl)n2)CCO1. The van der Waals surface area contributed by atoms with E-state index in [1.807, 2.05) is 0 Å². The molecule has 90 valence electrons. The van der Waals surface area contributed by atoms with Crippen molar-refractivity contribution < 1.29 is 4.74 Å². The Hall–Kier alpha value is -1.31. The number of hydrogen-bond donors (Lipinski definition) is 1. The molecule has 1 aliphatic heterocycles. The number of ether oxygens (including phenoxy) is 1. The van der Waals surface area contributed by atoms with E-state index < -0.39 is 0 Å². The van der Waals surface area contributed by atoms with Crippen molar-refractivity contribution >= 4 is 17.4 Å². The summed E-state index contributed by atoms with van der Waals surface area (Å²) in [5.74, 6) is 0.660. The van der Waals surface area contributed by atoms with E-state index >= 15 is 0 Å². The van der Waals surface area contributed by atoms with Crippen molar-refractivity contribution in [3.63, 3.8) is 0 Å². The maximum atomic E-state index is 8.85. The van der Waals surface area contributed by atoms with Gasteiger partial charge in [0.1, 0.15) is 11.0 Å². The van der Waals surface area contributed by atoms with Gasteiger partial charge in [0.2, 0.25) is 0 Å². The summed E-state index contributed by atoms with van der Waals surface area (Å²) in [6, 6.07) is 5.66. The van der Waals surface area contributed by atoms with Crippen LogP contribution in [0.5, 0.6) is 0 Å². The lowest BCUT2D eigenvalue weighted by Gasteiger charge is -2.28. The molecule has 0 radical (unpaired) electrons. The average molecular weight is 252 g/mol. The van der Waals surface area contributed by atoms with Crippen molar-refractivity contribution in [2.24, 2.45) is 0 Å². The van der Waals surface area contributed by atoms with Gasteiger partial charge in [-0.15, -0.1) is 0 Å². The first-order chi connectivity index (χ1) is 8.17. The highest BCUT2D eigenvalue weighted by molar-refractivity contribution is 6.29. The summed E-state index contributed by atoms with van der Waals surface area (Å²) in [4.78, 5) is 4.16. The van der Waals surface area contributed by atoms with Crippen LogP contribution in [0.2, 0.25) is 5.15 Å². The fourth-order valence-corrected chi connectivity index (χ4v) is 2.18. The zero-order chi connectivity index (χ0) is 12.3. The number of nitriles is 1. The second-order valence-corrected chi connectivity index (χ2v) is 4.61. The zero-order valence-corrected chi connectivity index (χ0v) is 10.4. The molecule has 2 heterocycles. The van der Waals surface area contributed by atoms with Crippen molar-refractivity contribution in [3.8, 4) is 6.07 Å². The molecule has 0 aliphatic carbocycles. The maximum Gasteiger partial charge on any atom is 0.132 e. The number of rotatable bonds is 2. The number of nitrogens with zero attached hydrogens (tertiary/aromatic N) is 2. The predicted molar refractivity (Wildman–Crippen MR) is 66.0 cm³/mol. The van der Waals surface area contributed by atoms with Gasteiger partial charge < -0.3 is 10.1 Å². The third kappa shape index (κ3) is 3.32. The van der Waals surface area contributed by atoms with Gasteiger partial charge in [-0.2, -0.15) is 5.26 Å². The topological polar surface area (TPSA) is 57.9 Å². The van der Waals surface area contributed by atoms with Crippen molar-refractivity contribution in [3.05, 3.63) is 22.8 Å². The van der Waals surface area contributed by atoms with Crippen LogP contribution in [0.3, 0.4) is 0 Å². The Bertz CT molecular complexity index is 444. The van der Waals surface area contributed by atoms with E-state index in [9.17, 15) is 0 Å². The molecule has 17 heavy (non-hydrogen) atoms. The third-order valence-electron chi connectivity index (χ3n) is 2.76. The van der Waals surface area contributed by atoms with Crippen LogP contribution < -0.4 is 5.32 Å². The smallest absolute Gasteiger partial charge is 0.132 e. The third-order valence-corrected chi connectivity index (χ3v) is 2.95. The van der Waals surface area contributed by atoms with Crippen LogP contribution in [-0.4, -0.2) is 23.7 Å². The number of anilines is 1. The van der Waals surface area contributed by atoms with Crippen molar-refractivity contribution in [1.82, 2.24) is 4.98 Å². The van der Waals surface area contributed by atoms with Crippen molar-refractivity contribution in [2.75, 3.05) is 11.9 Å². The van der Waals surface area contributed by atoms with Crippen molar-refractivity contribution in [2.45, 2.75) is 31.9 Å². The summed E-state index contributed by atoms with van der Waals surface area (Å²) in [7, 11) is 0. The van der Waals surface area contributed by atoms with Gasteiger partial charge in [0, 0.05) is 12.6 Å². The standard InChI is InChI=1S/C12H14ClN3O/c1-8-4-10(2-3-17-8)15-12-6-9(7-14)5-11(13)16-12/h5-6,8,10H,2-4H2,1H3,(H,15,16). The molecule has 1 aliphatic rings. The van der Waals surface area contributed by atoms with Crippen LogP contribution >= 0.6 is 11.6 Å². The molecular formula is C12H14ClN3O. The minimum atomic E-state index is 0.260. The van der Waals surface area contributed by atoms with E-state index in [1.165, 1.54) is 0 Å². The molecule has 0 bridgehead atoms. The molecule has 0 spiro atoms. The summed E-state index contributed by atoms with van der Waals surface area (Å²) >= 11 is 5.85. The molecule has 1 fully saturated rings. The highest BCUT2D eigenvalue weighted by atomic mass is 35.5. The molecule has 1 aromatic rings. The van der Waals surface area contributed by atoms with Gasteiger partial charge in [-0.25, -0.2) is 4.98 Å². The quantitative estimate of drug-likeness (QED) is 0.821. The lowest BCUT2D eigenvalue weighted by molar-refractivity contribution is 0.0232. The molecule has 1 N–H and O–H groups in total. The van der Waals surface area contributed by atoms with E-state index in [-0.39, 0.29) is 6.10 Å². The molecular weight excluding hydrogens is 238 g/mol. The second kappa shape index (κ2) is 5.35. The van der Waals surface area contributed by atoms with E-state index in [0.29, 0.717) is 22.6 Å². The molecule has 2 unspecified atom stereocenters. The Kier molecular flexibility index (Phi) is 3.82. The Morgan fingerprint density at radius 2 is 2.41 bits per heavy atom. The Morgan fingerprint density at radius 3 is 3.12 bits per heavy atom. The highest BCUT2D eigenvalue weighted by Crippen LogP contribution is 2.19. The van der Waals surface area contributed by atoms with Crippen LogP contribution in [-0.2, 0) is 4.74 Å². The van der Waals surface area contributed by atoms with Gasteiger partial charge in [-0.1, -0.05) is 11.6 Å². The molecule has 5 heteroatoms. The van der Waals surface area contributed by atoms with Gasteiger partial charge in [0.25, 0.3) is 0 Å². The second-order valence-electron chi connectivity index (χ2n) is 4.22. The highest BCUT2D eigenvalue weighted by Gasteiger charge is 2.19. The molecule has 2 atom stereocenters. The summed E-state index contributed by atoms with van der Waals surface area (Å²) in [6.45, 7) is 2.81. The first kappa shape index (κ1) is 12.2. The van der Waals surface area contributed by atoms with E-state index in [0.717, 1.165) is 19.4 Å². The lowest BCUT2D eigenvalue weighted by atomic mass is 10.0. The molecule has 0 aromatic carbocycles. The van der Waals surface area contributed by atoms with Gasteiger partial charge in [0.15, 0.2) is 0 Å². The fourth-order valence-electron chi connectivity index (χ4n) is 1.97. The summed E-state index contributed by atoms with van der Waals surface area (Å²) in [6.07, 6.45) is 2.15. The Morgan fingerprint density at radius 1 is 1.59 bits per heavy atom. The fraction of sp³-hybridized carbons (Fsp3) is 0.500. The molecule has 1 aromatic heterocycles. The number of halogens is 1. The molecule has 2 rings (SSSR count). The number of pyridine rings is 1. The predicted octanol–water partition coefficient (Wildman–Crippen LogP) is 2.59. The molecule has 0 amide bonds. The van der Waals surface area contributed by atoms with Gasteiger partial charge in [0.05, 0.1) is 17.7 Å². The Balaban J connectivity index is 2.07. The van der Waals surface area contributed by atoms with Gasteiger partial charge >= 0.3 is 0 Å². The van der Waals surface area contributed by atoms with Crippen molar-refractivity contribution in [1.29, 1.82) is 5.26 Å². The monoisotopic (exact) mass is 251 g/mol. The zero-order valence-electron chi connectivity index (χ0n) is 9.61. The minimum Gasteiger partial charge on any atom is -0.378 e. The first-order valence-corrected chi connectivity index (χ1v) is 6.01. The number of aromatic nitrogens is 1. The minimum absolute atomic E-state index is 0.260. The lowest BCUT2D eigenvalue weighted by Crippen LogP contribution is -2.32. The van der Waals surface area contributed by atoms with Crippen LogP contribution in [0.4, 0.5) is 5.82 Å². The van der Waals surface area contributed by atoms with Gasteiger partial charge in [-0.05, 0) is 31.9 Å². The summed E-state index contributed by atoms with van der Waals surface area (Å²) in [5.41, 5.74) is 0.521. The molecule has 1 saturated heterocycles. The normalized spacial score (nSPS) is 24.1. The summed E-state index contributed by atoms with van der Waals surface area (Å²) < 4.78 is 5.48. The maximum absolute atomic E-state index is 8.85. The van der Waals surface area contributed by atoms with Crippen LogP contribution in [0.25, 0.3) is 0 Å². The first-order valence-electron chi connectivity index (χ1n) is 5.63. The van der Waals surface area contributed by atoms with E-state index in [4.69, 9.17) is 21.6 Å². The number of nitrogens with one attached hydrogen (secondary N) is 1.